The molecule has 2 aromatic rings. The number of likely N-dealkylation sites (tertiary alicyclic amines) is 1. The fraction of sp³-hybridized carbons (Fsp3) is 0.200. The Morgan fingerprint density at radius 1 is 0.750 bits per heavy atom. The van der Waals surface area contributed by atoms with Crippen molar-refractivity contribution in [1.82, 2.24) is 4.90 Å². The third kappa shape index (κ3) is 5.18. The number of Topliss-reactive ketones (excluding diaryl/α,β-unsaturated/α-hetero) is 1. The monoisotopic (exact) mass is 433 g/mol. The Balaban J connectivity index is 1.91. The molecule has 0 N–H and O–H groups in total. The first-order chi connectivity index (χ1) is 15.3. The van der Waals surface area contributed by atoms with Gasteiger partial charge in [-0.25, -0.2) is 9.59 Å². The molecule has 7 heteroatoms. The number of ether oxygens (including phenoxy) is 2. The molecule has 0 bridgehead atoms. The minimum absolute atomic E-state index is 0.142. The van der Waals surface area contributed by atoms with E-state index in [0.29, 0.717) is 22.3 Å². The van der Waals surface area contributed by atoms with E-state index >= 15 is 0 Å². The van der Waals surface area contributed by atoms with Gasteiger partial charge in [0.2, 0.25) is 5.91 Å². The van der Waals surface area contributed by atoms with Gasteiger partial charge in [0.15, 0.2) is 5.78 Å². The minimum atomic E-state index is -0.441. The Hall–Kier alpha value is -4.00. The quantitative estimate of drug-likeness (QED) is 0.544. The van der Waals surface area contributed by atoms with Crippen LogP contribution < -0.4 is 0 Å². The number of amides is 1. The predicted octanol–water partition coefficient (Wildman–Crippen LogP) is 3.16. The number of piperidine rings is 1. The molecule has 1 amide bonds. The van der Waals surface area contributed by atoms with Crippen LogP contribution in [0.1, 0.15) is 38.8 Å². The Morgan fingerprint density at radius 2 is 1.12 bits per heavy atom. The van der Waals surface area contributed by atoms with E-state index in [-0.39, 0.29) is 24.8 Å². The highest BCUT2D eigenvalue weighted by atomic mass is 16.5. The van der Waals surface area contributed by atoms with E-state index in [9.17, 15) is 19.2 Å². The molecule has 7 nitrogen and oxygen atoms in total. The number of carbonyl (C=O) groups is 4. The molecule has 1 aliphatic rings. The molecule has 3 rings (SSSR count). The molecule has 1 aliphatic heterocycles. The first kappa shape index (κ1) is 22.7. The van der Waals surface area contributed by atoms with Crippen LogP contribution in [0.4, 0.5) is 0 Å². The van der Waals surface area contributed by atoms with Crippen LogP contribution in [0.15, 0.2) is 59.7 Å². The maximum Gasteiger partial charge on any atom is 0.337 e. The van der Waals surface area contributed by atoms with Crippen LogP contribution >= 0.6 is 0 Å². The molecule has 1 heterocycles. The van der Waals surface area contributed by atoms with Crippen molar-refractivity contribution in [2.45, 2.75) is 6.92 Å². The molecule has 2 aromatic carbocycles. The van der Waals surface area contributed by atoms with Crippen molar-refractivity contribution in [3.05, 3.63) is 81.9 Å². The lowest BCUT2D eigenvalue weighted by molar-refractivity contribution is -0.129. The van der Waals surface area contributed by atoms with Crippen molar-refractivity contribution in [3.8, 4) is 0 Å². The molecule has 32 heavy (non-hydrogen) atoms. The van der Waals surface area contributed by atoms with Crippen LogP contribution in [-0.2, 0) is 19.1 Å². The first-order valence-electron chi connectivity index (χ1n) is 9.90. The highest BCUT2D eigenvalue weighted by Gasteiger charge is 2.27. The fourth-order valence-electron chi connectivity index (χ4n) is 3.33. The standard InChI is InChI=1S/C25H23NO6/c1-16(27)26-14-21(12-17-4-8-19(9-5-17)24(29)31-2)23(28)22(15-26)13-18-6-10-20(11-7-18)25(30)32-3/h4-13H,14-15H2,1-3H3/b21-12+,22-13+. The first-order valence-corrected chi connectivity index (χ1v) is 9.90. The number of hydrogen-bond acceptors (Lipinski definition) is 6. The van der Waals surface area contributed by atoms with E-state index in [0.717, 1.165) is 11.1 Å². The summed E-state index contributed by atoms with van der Waals surface area (Å²) < 4.78 is 9.39. The van der Waals surface area contributed by atoms with Gasteiger partial charge in [-0.3, -0.25) is 9.59 Å². The molecule has 0 unspecified atom stereocenters. The van der Waals surface area contributed by atoms with Gasteiger partial charge in [-0.2, -0.15) is 0 Å². The Morgan fingerprint density at radius 3 is 1.44 bits per heavy atom. The second-order valence-corrected chi connectivity index (χ2v) is 7.27. The van der Waals surface area contributed by atoms with E-state index in [1.807, 2.05) is 0 Å². The zero-order chi connectivity index (χ0) is 23.3. The van der Waals surface area contributed by atoms with E-state index in [1.54, 1.807) is 65.6 Å². The van der Waals surface area contributed by atoms with Crippen LogP contribution in [0, 0.1) is 0 Å². The van der Waals surface area contributed by atoms with Gasteiger partial charge < -0.3 is 14.4 Å². The van der Waals surface area contributed by atoms with E-state index in [2.05, 4.69) is 0 Å². The lowest BCUT2D eigenvalue weighted by Crippen LogP contribution is -2.40. The lowest BCUT2D eigenvalue weighted by Gasteiger charge is -2.29. The van der Waals surface area contributed by atoms with Crippen LogP contribution in [0.3, 0.4) is 0 Å². The van der Waals surface area contributed by atoms with Crippen molar-refractivity contribution in [1.29, 1.82) is 0 Å². The van der Waals surface area contributed by atoms with E-state index < -0.39 is 11.9 Å². The molecule has 0 aliphatic carbocycles. The van der Waals surface area contributed by atoms with Crippen molar-refractivity contribution < 1.29 is 28.7 Å². The summed E-state index contributed by atoms with van der Waals surface area (Å²) >= 11 is 0. The second kappa shape index (κ2) is 9.87. The minimum Gasteiger partial charge on any atom is -0.465 e. The average Bonchev–Trinajstić information content (AvgIpc) is 2.81. The third-order valence-electron chi connectivity index (χ3n) is 5.10. The van der Waals surface area contributed by atoms with Gasteiger partial charge in [0.05, 0.1) is 25.3 Å². The Labute approximate surface area is 185 Å². The topological polar surface area (TPSA) is 90.0 Å². The molecule has 0 aromatic heterocycles. The average molecular weight is 433 g/mol. The van der Waals surface area contributed by atoms with E-state index in [4.69, 9.17) is 9.47 Å². The van der Waals surface area contributed by atoms with Gasteiger partial charge in [0.25, 0.3) is 0 Å². The molecule has 1 saturated heterocycles. The number of nitrogens with zero attached hydrogens (tertiary/aromatic N) is 1. The highest BCUT2D eigenvalue weighted by Crippen LogP contribution is 2.23. The largest absolute Gasteiger partial charge is 0.465 e. The van der Waals surface area contributed by atoms with Crippen molar-refractivity contribution >= 4 is 35.8 Å². The maximum atomic E-state index is 13.1. The Kier molecular flexibility index (Phi) is 7.00. The second-order valence-electron chi connectivity index (χ2n) is 7.27. The van der Waals surface area contributed by atoms with E-state index in [1.165, 1.54) is 21.1 Å². The number of methoxy groups -OCH3 is 2. The van der Waals surface area contributed by atoms with Crippen molar-refractivity contribution in [2.75, 3.05) is 27.3 Å². The number of esters is 2. The molecule has 0 radical (unpaired) electrons. The van der Waals surface area contributed by atoms with Crippen LogP contribution in [0.2, 0.25) is 0 Å². The number of hydrogen-bond donors (Lipinski definition) is 0. The SMILES string of the molecule is COC(=O)c1ccc(/C=C2\CN(C(C)=O)C/C(=C\c3ccc(C(=O)OC)cc3)C2=O)cc1. The van der Waals surface area contributed by atoms with Gasteiger partial charge in [-0.05, 0) is 47.5 Å². The van der Waals surface area contributed by atoms with Crippen molar-refractivity contribution in [3.63, 3.8) is 0 Å². The number of benzene rings is 2. The normalized spacial score (nSPS) is 16.2. The zero-order valence-electron chi connectivity index (χ0n) is 18.1. The van der Waals surface area contributed by atoms with Gasteiger partial charge in [0, 0.05) is 31.2 Å². The molecule has 1 fully saturated rings. The summed E-state index contributed by atoms with van der Waals surface area (Å²) in [6, 6.07) is 13.3. The van der Waals surface area contributed by atoms with Gasteiger partial charge >= 0.3 is 11.9 Å². The molecular formula is C25H23NO6. The van der Waals surface area contributed by atoms with Crippen LogP contribution in [0.25, 0.3) is 12.2 Å². The molecule has 0 spiro atoms. The smallest absolute Gasteiger partial charge is 0.337 e. The highest BCUT2D eigenvalue weighted by molar-refractivity contribution is 6.15. The van der Waals surface area contributed by atoms with Gasteiger partial charge in [-0.1, -0.05) is 24.3 Å². The predicted molar refractivity (Wildman–Crippen MR) is 119 cm³/mol. The fourth-order valence-corrected chi connectivity index (χ4v) is 3.33. The molecule has 164 valence electrons. The molecule has 0 saturated carbocycles. The van der Waals surface area contributed by atoms with Crippen molar-refractivity contribution in [2.24, 2.45) is 0 Å². The third-order valence-corrected chi connectivity index (χ3v) is 5.10. The van der Waals surface area contributed by atoms with Crippen LogP contribution in [-0.4, -0.2) is 55.8 Å². The summed E-state index contributed by atoms with van der Waals surface area (Å²) in [5, 5.41) is 0. The maximum absolute atomic E-state index is 13.1. The number of carbonyl (C=O) groups excluding carboxylic acids is 4. The summed E-state index contributed by atoms with van der Waals surface area (Å²) in [4.78, 5) is 50.0. The summed E-state index contributed by atoms with van der Waals surface area (Å²) in [6.45, 7) is 1.86. The Bertz CT molecular complexity index is 1030. The zero-order valence-corrected chi connectivity index (χ0v) is 18.1. The molecular weight excluding hydrogens is 410 g/mol. The number of ketones is 1. The summed E-state index contributed by atoms with van der Waals surface area (Å²) in [6.07, 6.45) is 3.43. The summed E-state index contributed by atoms with van der Waals surface area (Å²) in [5.74, 6) is -1.18. The van der Waals surface area contributed by atoms with Gasteiger partial charge in [-0.15, -0.1) is 0 Å². The summed E-state index contributed by atoms with van der Waals surface area (Å²) in [7, 11) is 2.62. The summed E-state index contributed by atoms with van der Waals surface area (Å²) in [5.41, 5.74) is 3.21. The lowest BCUT2D eigenvalue weighted by atomic mass is 9.94. The number of rotatable bonds is 4. The molecule has 0 atom stereocenters. The van der Waals surface area contributed by atoms with Crippen LogP contribution in [0.5, 0.6) is 0 Å². The van der Waals surface area contributed by atoms with Gasteiger partial charge in [0.1, 0.15) is 0 Å².